The van der Waals surface area contributed by atoms with Crippen LogP contribution in [0, 0.1) is 0 Å². The number of carbonyl (C=O) groups is 1. The van der Waals surface area contributed by atoms with Gasteiger partial charge in [0.1, 0.15) is 10.6 Å². The molecule has 2 heterocycles. The Bertz CT molecular complexity index is 943. The molecular formula is C19H24N4O4S2. The number of methoxy groups -OCH3 is 1. The van der Waals surface area contributed by atoms with E-state index in [1.54, 1.807) is 43.5 Å². The summed E-state index contributed by atoms with van der Waals surface area (Å²) < 4.78 is 32.0. The van der Waals surface area contributed by atoms with Crippen molar-refractivity contribution in [2.24, 2.45) is 0 Å². The average molecular weight is 437 g/mol. The maximum Gasteiger partial charge on any atom is 0.244 e. The van der Waals surface area contributed by atoms with Gasteiger partial charge in [0.25, 0.3) is 0 Å². The number of piperazine rings is 1. The Kier molecular flexibility index (Phi) is 7.12. The van der Waals surface area contributed by atoms with Gasteiger partial charge in [0.2, 0.25) is 15.9 Å². The zero-order valence-electron chi connectivity index (χ0n) is 16.4. The molecule has 10 heteroatoms. The van der Waals surface area contributed by atoms with Crippen LogP contribution in [-0.4, -0.2) is 74.6 Å². The molecular weight excluding hydrogens is 412 g/mol. The van der Waals surface area contributed by atoms with E-state index in [1.165, 1.54) is 22.3 Å². The number of hydrogen-bond acceptors (Lipinski definition) is 7. The monoisotopic (exact) mass is 436 g/mol. The van der Waals surface area contributed by atoms with Gasteiger partial charge in [0.15, 0.2) is 0 Å². The third-order valence-electron chi connectivity index (χ3n) is 4.51. The zero-order valence-corrected chi connectivity index (χ0v) is 18.0. The van der Waals surface area contributed by atoms with Crippen LogP contribution in [0.3, 0.4) is 0 Å². The van der Waals surface area contributed by atoms with Crippen molar-refractivity contribution in [2.75, 3.05) is 51.4 Å². The molecule has 2 aromatic rings. The van der Waals surface area contributed by atoms with Crippen LogP contribution in [-0.2, 0) is 14.8 Å². The van der Waals surface area contributed by atoms with Gasteiger partial charge in [-0.15, -0.1) is 0 Å². The van der Waals surface area contributed by atoms with Gasteiger partial charge in [0.05, 0.1) is 17.9 Å². The molecule has 0 spiro atoms. The first-order valence-electron chi connectivity index (χ1n) is 9.10. The number of sulfonamides is 1. The number of likely N-dealkylation sites (N-methyl/N-ethyl adjacent to an activating group) is 1. The highest BCUT2D eigenvalue weighted by atomic mass is 32.2. The number of nitrogens with zero attached hydrogens (tertiary/aromatic N) is 3. The maximum absolute atomic E-state index is 12.7. The lowest BCUT2D eigenvalue weighted by atomic mass is 10.3. The second kappa shape index (κ2) is 9.57. The Balaban J connectivity index is 1.55. The minimum atomic E-state index is -3.54. The number of anilines is 1. The summed E-state index contributed by atoms with van der Waals surface area (Å²) in [6.45, 7) is 2.37. The standard InChI is InChI=1S/C19H24N4O4S2/c1-22-8-10-23(11-9-22)29(25,26)17-6-7-19(20-13-17)28-14-18(24)21-15-4-3-5-16(12-15)27-2/h3-7,12-13H,8-11,14H2,1-2H3,(H,21,24). The van der Waals surface area contributed by atoms with Crippen molar-refractivity contribution in [3.63, 3.8) is 0 Å². The van der Waals surface area contributed by atoms with E-state index in [4.69, 9.17) is 4.74 Å². The molecule has 1 fully saturated rings. The van der Waals surface area contributed by atoms with Crippen molar-refractivity contribution in [1.29, 1.82) is 0 Å². The van der Waals surface area contributed by atoms with Crippen molar-refractivity contribution in [3.8, 4) is 5.75 Å². The van der Waals surface area contributed by atoms with Crippen molar-refractivity contribution in [2.45, 2.75) is 9.92 Å². The molecule has 1 aliphatic heterocycles. The van der Waals surface area contributed by atoms with E-state index in [9.17, 15) is 13.2 Å². The lowest BCUT2D eigenvalue weighted by Gasteiger charge is -2.31. The summed E-state index contributed by atoms with van der Waals surface area (Å²) >= 11 is 1.24. The van der Waals surface area contributed by atoms with Crippen LogP contribution in [0.4, 0.5) is 5.69 Å². The summed E-state index contributed by atoms with van der Waals surface area (Å²) in [6, 6.07) is 10.3. The molecule has 1 aliphatic rings. The molecule has 3 rings (SSSR count). The van der Waals surface area contributed by atoms with Crippen LogP contribution in [0.15, 0.2) is 52.5 Å². The Hall–Kier alpha value is -2.14. The first kappa shape index (κ1) is 21.6. The average Bonchev–Trinajstić information content (AvgIpc) is 2.73. The summed E-state index contributed by atoms with van der Waals surface area (Å²) in [5, 5.41) is 3.38. The van der Waals surface area contributed by atoms with Gasteiger partial charge in [-0.3, -0.25) is 4.79 Å². The number of amides is 1. The fourth-order valence-corrected chi connectivity index (χ4v) is 4.83. The Morgan fingerprint density at radius 1 is 1.21 bits per heavy atom. The van der Waals surface area contributed by atoms with Crippen LogP contribution in [0.2, 0.25) is 0 Å². The number of aromatic nitrogens is 1. The molecule has 8 nitrogen and oxygen atoms in total. The van der Waals surface area contributed by atoms with Gasteiger partial charge >= 0.3 is 0 Å². The lowest BCUT2D eigenvalue weighted by Crippen LogP contribution is -2.47. The van der Waals surface area contributed by atoms with Crippen LogP contribution < -0.4 is 10.1 Å². The molecule has 0 unspecified atom stereocenters. The Morgan fingerprint density at radius 2 is 1.97 bits per heavy atom. The Labute approximate surface area is 175 Å². The number of benzene rings is 1. The van der Waals surface area contributed by atoms with Crippen molar-refractivity contribution >= 4 is 33.4 Å². The normalized spacial score (nSPS) is 15.8. The fourth-order valence-electron chi connectivity index (χ4n) is 2.82. The number of rotatable bonds is 7. The Morgan fingerprint density at radius 3 is 2.62 bits per heavy atom. The van der Waals surface area contributed by atoms with E-state index in [0.29, 0.717) is 42.6 Å². The molecule has 0 atom stereocenters. The smallest absolute Gasteiger partial charge is 0.244 e. The van der Waals surface area contributed by atoms with Gasteiger partial charge in [-0.1, -0.05) is 17.8 Å². The van der Waals surface area contributed by atoms with E-state index in [0.717, 1.165) is 0 Å². The molecule has 1 aromatic heterocycles. The van der Waals surface area contributed by atoms with Gasteiger partial charge in [-0.25, -0.2) is 13.4 Å². The molecule has 1 saturated heterocycles. The minimum absolute atomic E-state index is 0.161. The molecule has 0 bridgehead atoms. The van der Waals surface area contributed by atoms with Crippen LogP contribution >= 0.6 is 11.8 Å². The van der Waals surface area contributed by atoms with Crippen LogP contribution in [0.5, 0.6) is 5.75 Å². The summed E-state index contributed by atoms with van der Waals surface area (Å²) in [7, 11) is 0.00264. The number of hydrogen-bond donors (Lipinski definition) is 1. The SMILES string of the molecule is COc1cccc(NC(=O)CSc2ccc(S(=O)(=O)N3CCN(C)CC3)cn2)c1. The predicted octanol–water partition coefficient (Wildman–Crippen LogP) is 1.76. The first-order valence-corrected chi connectivity index (χ1v) is 11.5. The summed E-state index contributed by atoms with van der Waals surface area (Å²) in [6.07, 6.45) is 1.36. The second-order valence-corrected chi connectivity index (χ2v) is 9.54. The summed E-state index contributed by atoms with van der Waals surface area (Å²) in [4.78, 5) is 18.6. The molecule has 156 valence electrons. The predicted molar refractivity (Wildman–Crippen MR) is 113 cm³/mol. The number of pyridine rings is 1. The topological polar surface area (TPSA) is 91.8 Å². The quantitative estimate of drug-likeness (QED) is 0.661. The highest BCUT2D eigenvalue weighted by Crippen LogP contribution is 2.21. The van der Waals surface area contributed by atoms with Crippen LogP contribution in [0.25, 0.3) is 0 Å². The molecule has 0 saturated carbocycles. The molecule has 1 N–H and O–H groups in total. The molecule has 0 aliphatic carbocycles. The van der Waals surface area contributed by atoms with E-state index in [2.05, 4.69) is 15.2 Å². The van der Waals surface area contributed by atoms with Crippen molar-refractivity contribution in [3.05, 3.63) is 42.6 Å². The highest BCUT2D eigenvalue weighted by molar-refractivity contribution is 7.99. The van der Waals surface area contributed by atoms with Gasteiger partial charge in [-0.2, -0.15) is 4.31 Å². The minimum Gasteiger partial charge on any atom is -0.497 e. The first-order chi connectivity index (χ1) is 13.9. The van der Waals surface area contributed by atoms with Crippen molar-refractivity contribution < 1.29 is 17.9 Å². The third kappa shape index (κ3) is 5.69. The lowest BCUT2D eigenvalue weighted by molar-refractivity contribution is -0.113. The number of thioether (sulfide) groups is 1. The zero-order chi connectivity index (χ0) is 20.9. The molecule has 1 amide bonds. The maximum atomic E-state index is 12.7. The van der Waals surface area contributed by atoms with E-state index in [-0.39, 0.29) is 16.6 Å². The number of ether oxygens (including phenoxy) is 1. The molecule has 1 aromatic carbocycles. The van der Waals surface area contributed by atoms with Gasteiger partial charge < -0.3 is 15.0 Å². The largest absolute Gasteiger partial charge is 0.497 e. The number of carbonyl (C=O) groups excluding carboxylic acids is 1. The second-order valence-electron chi connectivity index (χ2n) is 6.61. The number of nitrogens with one attached hydrogen (secondary N) is 1. The summed E-state index contributed by atoms with van der Waals surface area (Å²) in [5.74, 6) is 0.642. The molecule has 29 heavy (non-hydrogen) atoms. The van der Waals surface area contributed by atoms with Crippen LogP contribution in [0.1, 0.15) is 0 Å². The fraction of sp³-hybridized carbons (Fsp3) is 0.368. The third-order valence-corrected chi connectivity index (χ3v) is 7.34. The summed E-state index contributed by atoms with van der Waals surface area (Å²) in [5.41, 5.74) is 0.650. The van der Waals surface area contributed by atoms with E-state index < -0.39 is 10.0 Å². The van der Waals surface area contributed by atoms with E-state index in [1.807, 2.05) is 7.05 Å². The highest BCUT2D eigenvalue weighted by Gasteiger charge is 2.27. The van der Waals surface area contributed by atoms with Gasteiger partial charge in [-0.05, 0) is 31.3 Å². The molecule has 0 radical (unpaired) electrons. The van der Waals surface area contributed by atoms with Crippen molar-refractivity contribution in [1.82, 2.24) is 14.2 Å². The van der Waals surface area contributed by atoms with E-state index >= 15 is 0 Å². The van der Waals surface area contributed by atoms with Gasteiger partial charge in [0, 0.05) is 44.1 Å².